The van der Waals surface area contributed by atoms with E-state index in [0.29, 0.717) is 28.6 Å². The van der Waals surface area contributed by atoms with Crippen LogP contribution in [0.4, 0.5) is 0 Å². The third kappa shape index (κ3) is 6.52. The van der Waals surface area contributed by atoms with E-state index in [9.17, 15) is 9.59 Å². The second-order valence-electron chi connectivity index (χ2n) is 5.42. The van der Waals surface area contributed by atoms with Crippen molar-refractivity contribution >= 4 is 18.0 Å². The smallest absolute Gasteiger partial charge is 0.277 e. The number of methoxy groups -OCH3 is 2. The van der Waals surface area contributed by atoms with E-state index in [2.05, 4.69) is 10.5 Å². The Labute approximate surface area is 162 Å². The largest absolute Gasteiger partial charge is 0.497 e. The van der Waals surface area contributed by atoms with Gasteiger partial charge in [0, 0.05) is 0 Å². The highest BCUT2D eigenvalue weighted by molar-refractivity contribution is 5.83. The van der Waals surface area contributed by atoms with Gasteiger partial charge in [0.2, 0.25) is 0 Å². The number of benzene rings is 2. The predicted molar refractivity (Wildman–Crippen MR) is 102 cm³/mol. The third-order valence-corrected chi connectivity index (χ3v) is 3.39. The van der Waals surface area contributed by atoms with Crippen LogP contribution >= 0.6 is 0 Å². The van der Waals surface area contributed by atoms with Crippen LogP contribution in [-0.4, -0.2) is 45.5 Å². The number of ether oxygens (including phenoxy) is 4. The predicted octanol–water partition coefficient (Wildman–Crippen LogP) is 1.10. The molecule has 0 bridgehead atoms. The van der Waals surface area contributed by atoms with Crippen molar-refractivity contribution in [1.82, 2.24) is 5.43 Å². The van der Waals surface area contributed by atoms with Crippen LogP contribution in [0.25, 0.3) is 0 Å². The van der Waals surface area contributed by atoms with Crippen LogP contribution in [0.1, 0.15) is 5.56 Å². The lowest BCUT2D eigenvalue weighted by Gasteiger charge is -2.09. The quantitative estimate of drug-likeness (QED) is 0.465. The Kier molecular flexibility index (Phi) is 7.64. The molecular weight excluding hydrogens is 366 g/mol. The van der Waals surface area contributed by atoms with Crippen LogP contribution < -0.4 is 30.1 Å². The van der Waals surface area contributed by atoms with Gasteiger partial charge in [-0.3, -0.25) is 9.59 Å². The number of primary amides is 1. The number of carbonyl (C=O) groups is 2. The Morgan fingerprint density at radius 2 is 1.68 bits per heavy atom. The lowest BCUT2D eigenvalue weighted by atomic mass is 10.2. The molecule has 0 spiro atoms. The average Bonchev–Trinajstić information content (AvgIpc) is 2.71. The summed E-state index contributed by atoms with van der Waals surface area (Å²) >= 11 is 0. The highest BCUT2D eigenvalue weighted by atomic mass is 16.5. The molecule has 2 rings (SSSR count). The molecule has 0 aromatic heterocycles. The van der Waals surface area contributed by atoms with Crippen molar-refractivity contribution in [3.8, 4) is 23.0 Å². The van der Waals surface area contributed by atoms with Crippen molar-refractivity contribution in [3.05, 3.63) is 48.0 Å². The summed E-state index contributed by atoms with van der Waals surface area (Å²) in [5.74, 6) is 1.00. The minimum atomic E-state index is -0.590. The number of nitrogens with two attached hydrogens (primary N) is 1. The minimum Gasteiger partial charge on any atom is -0.497 e. The van der Waals surface area contributed by atoms with Gasteiger partial charge in [-0.15, -0.1) is 0 Å². The fraction of sp³-hybridized carbons (Fsp3) is 0.211. The van der Waals surface area contributed by atoms with Crippen molar-refractivity contribution in [2.24, 2.45) is 10.8 Å². The maximum absolute atomic E-state index is 11.8. The molecule has 2 aromatic rings. The van der Waals surface area contributed by atoms with E-state index in [1.54, 1.807) is 49.6 Å². The zero-order valence-corrected chi connectivity index (χ0v) is 15.5. The number of hydrogen-bond acceptors (Lipinski definition) is 7. The molecule has 3 N–H and O–H groups in total. The summed E-state index contributed by atoms with van der Waals surface area (Å²) in [4.78, 5) is 22.6. The molecule has 9 heteroatoms. The normalized spacial score (nSPS) is 10.4. The summed E-state index contributed by atoms with van der Waals surface area (Å²) in [6.45, 7) is -0.444. The topological polar surface area (TPSA) is 121 Å². The molecule has 0 unspecified atom stereocenters. The van der Waals surface area contributed by atoms with Gasteiger partial charge in [0.15, 0.2) is 24.7 Å². The Morgan fingerprint density at radius 1 is 0.964 bits per heavy atom. The van der Waals surface area contributed by atoms with E-state index in [1.807, 2.05) is 0 Å². The summed E-state index contributed by atoms with van der Waals surface area (Å²) < 4.78 is 20.8. The van der Waals surface area contributed by atoms with E-state index in [1.165, 1.54) is 13.3 Å². The molecule has 0 saturated heterocycles. The molecule has 0 aliphatic carbocycles. The number of amides is 2. The summed E-state index contributed by atoms with van der Waals surface area (Å²) in [6.07, 6.45) is 1.44. The Balaban J connectivity index is 1.85. The number of hydrogen-bond donors (Lipinski definition) is 2. The van der Waals surface area contributed by atoms with Gasteiger partial charge < -0.3 is 24.7 Å². The third-order valence-electron chi connectivity index (χ3n) is 3.39. The molecule has 9 nitrogen and oxygen atoms in total. The van der Waals surface area contributed by atoms with Gasteiger partial charge in [-0.2, -0.15) is 5.10 Å². The molecule has 2 aromatic carbocycles. The van der Waals surface area contributed by atoms with Gasteiger partial charge in [-0.05, 0) is 48.0 Å². The van der Waals surface area contributed by atoms with Crippen molar-refractivity contribution in [2.75, 3.05) is 27.4 Å². The van der Waals surface area contributed by atoms with E-state index >= 15 is 0 Å². The zero-order chi connectivity index (χ0) is 20.4. The molecule has 0 atom stereocenters. The van der Waals surface area contributed by atoms with Gasteiger partial charge in [0.1, 0.15) is 11.5 Å². The van der Waals surface area contributed by atoms with Crippen LogP contribution in [0.5, 0.6) is 23.0 Å². The Hall–Kier alpha value is -3.75. The highest BCUT2D eigenvalue weighted by Crippen LogP contribution is 2.27. The van der Waals surface area contributed by atoms with E-state index in [-0.39, 0.29) is 13.2 Å². The van der Waals surface area contributed by atoms with Crippen LogP contribution in [0, 0.1) is 0 Å². The second-order valence-corrected chi connectivity index (χ2v) is 5.42. The van der Waals surface area contributed by atoms with Gasteiger partial charge in [0.25, 0.3) is 11.8 Å². The maximum Gasteiger partial charge on any atom is 0.277 e. The lowest BCUT2D eigenvalue weighted by Crippen LogP contribution is -2.24. The summed E-state index contributed by atoms with van der Waals surface area (Å²) in [6, 6.07) is 11.8. The van der Waals surface area contributed by atoms with Crippen LogP contribution in [-0.2, 0) is 9.59 Å². The first-order valence-electron chi connectivity index (χ1n) is 8.19. The number of carbonyl (C=O) groups excluding carboxylic acids is 2. The molecule has 0 heterocycles. The molecule has 0 saturated carbocycles. The van der Waals surface area contributed by atoms with Crippen molar-refractivity contribution < 1.29 is 28.5 Å². The molecule has 0 radical (unpaired) electrons. The van der Waals surface area contributed by atoms with Gasteiger partial charge >= 0.3 is 0 Å². The summed E-state index contributed by atoms with van der Waals surface area (Å²) in [7, 11) is 3.03. The van der Waals surface area contributed by atoms with Gasteiger partial charge in [0.05, 0.1) is 20.4 Å². The van der Waals surface area contributed by atoms with E-state index in [4.69, 9.17) is 24.7 Å². The van der Waals surface area contributed by atoms with Gasteiger partial charge in [-0.1, -0.05) is 0 Å². The first-order chi connectivity index (χ1) is 13.5. The van der Waals surface area contributed by atoms with Crippen molar-refractivity contribution in [1.29, 1.82) is 0 Å². The molecule has 0 aliphatic heterocycles. The van der Waals surface area contributed by atoms with Gasteiger partial charge in [-0.25, -0.2) is 5.43 Å². The monoisotopic (exact) mass is 387 g/mol. The second kappa shape index (κ2) is 10.4. The maximum atomic E-state index is 11.8. The highest BCUT2D eigenvalue weighted by Gasteiger charge is 2.07. The number of hydrazone groups is 1. The molecular formula is C19H21N3O6. The Morgan fingerprint density at radius 3 is 2.32 bits per heavy atom. The van der Waals surface area contributed by atoms with Crippen LogP contribution in [0.15, 0.2) is 47.6 Å². The van der Waals surface area contributed by atoms with E-state index < -0.39 is 11.8 Å². The number of nitrogens with zero attached hydrogens (tertiary/aromatic N) is 1. The molecule has 28 heavy (non-hydrogen) atoms. The zero-order valence-electron chi connectivity index (χ0n) is 15.5. The standard InChI is InChI=1S/C19H21N3O6/c1-25-14-4-6-15(7-5-14)27-12-19(24)22-21-10-13-3-8-16(17(9-13)26-2)28-11-18(20)23/h3-10H,11-12H2,1-2H3,(H2,20,23)(H,22,24)/b21-10+. The Bertz CT molecular complexity index is 836. The van der Waals surface area contributed by atoms with Crippen LogP contribution in [0.3, 0.4) is 0 Å². The first kappa shape index (κ1) is 20.6. The fourth-order valence-electron chi connectivity index (χ4n) is 2.06. The molecule has 0 fully saturated rings. The first-order valence-corrected chi connectivity index (χ1v) is 8.19. The SMILES string of the molecule is COc1ccc(OCC(=O)N/N=C/c2ccc(OCC(N)=O)c(OC)c2)cc1. The number of nitrogens with one attached hydrogen (secondary N) is 1. The molecule has 148 valence electrons. The summed E-state index contributed by atoms with van der Waals surface area (Å²) in [5, 5.41) is 3.87. The van der Waals surface area contributed by atoms with Crippen molar-refractivity contribution in [2.45, 2.75) is 0 Å². The molecule has 2 amide bonds. The minimum absolute atomic E-state index is 0.188. The summed E-state index contributed by atoms with van der Waals surface area (Å²) in [5.41, 5.74) is 8.06. The number of rotatable bonds is 10. The fourth-order valence-corrected chi connectivity index (χ4v) is 2.06. The van der Waals surface area contributed by atoms with Crippen molar-refractivity contribution in [3.63, 3.8) is 0 Å². The van der Waals surface area contributed by atoms with E-state index in [0.717, 1.165) is 0 Å². The molecule has 0 aliphatic rings. The van der Waals surface area contributed by atoms with Crippen LogP contribution in [0.2, 0.25) is 0 Å². The lowest BCUT2D eigenvalue weighted by molar-refractivity contribution is -0.123. The average molecular weight is 387 g/mol.